The highest BCUT2D eigenvalue weighted by Crippen LogP contribution is 2.51. The maximum absolute atomic E-state index is 3.64. The van der Waals surface area contributed by atoms with Crippen molar-refractivity contribution in [3.8, 4) is 11.1 Å². The molecule has 0 amide bonds. The van der Waals surface area contributed by atoms with E-state index in [9.17, 15) is 0 Å². The summed E-state index contributed by atoms with van der Waals surface area (Å²) in [5, 5.41) is 3.64. The summed E-state index contributed by atoms with van der Waals surface area (Å²) in [7, 11) is 0. The summed E-state index contributed by atoms with van der Waals surface area (Å²) in [5.41, 5.74) is 7.34. The van der Waals surface area contributed by atoms with Gasteiger partial charge in [0, 0.05) is 29.9 Å². The van der Waals surface area contributed by atoms with Crippen LogP contribution >= 0.6 is 11.8 Å². The van der Waals surface area contributed by atoms with Crippen LogP contribution in [-0.2, 0) is 0 Å². The largest absolute Gasteiger partial charge is 0.367 e. The highest BCUT2D eigenvalue weighted by Gasteiger charge is 2.41. The van der Waals surface area contributed by atoms with E-state index in [1.807, 2.05) is 0 Å². The van der Waals surface area contributed by atoms with E-state index in [1.165, 1.54) is 46.7 Å². The molecule has 1 fully saturated rings. The molecule has 0 aliphatic carbocycles. The van der Waals surface area contributed by atoms with Crippen molar-refractivity contribution in [1.82, 2.24) is 5.32 Å². The zero-order valence-electron chi connectivity index (χ0n) is 15.8. The number of rotatable bonds is 2. The number of hydrogen-bond donors (Lipinski definition) is 1. The van der Waals surface area contributed by atoms with Crippen molar-refractivity contribution in [3.63, 3.8) is 0 Å². The molecule has 3 heterocycles. The van der Waals surface area contributed by atoms with E-state index in [1.54, 1.807) is 11.3 Å². The van der Waals surface area contributed by atoms with Crippen LogP contribution in [0.2, 0.25) is 0 Å². The molecule has 0 aromatic heterocycles. The van der Waals surface area contributed by atoms with E-state index in [4.69, 9.17) is 0 Å². The van der Waals surface area contributed by atoms with E-state index in [0.29, 0.717) is 17.9 Å². The van der Waals surface area contributed by atoms with E-state index in [0.717, 1.165) is 13.1 Å². The van der Waals surface area contributed by atoms with Crippen molar-refractivity contribution in [2.24, 2.45) is 0 Å². The molecule has 2 aromatic carbocycles. The Morgan fingerprint density at radius 3 is 2.77 bits per heavy atom. The van der Waals surface area contributed by atoms with E-state index in [2.05, 4.69) is 72.2 Å². The molecule has 0 spiro atoms. The molecule has 2 nitrogen and oxygen atoms in total. The SMILES string of the molecule is CC(C)c1ccc(-c2cc3c4c(c2)C2CNCCC2N4CCCS3)cc1. The predicted molar refractivity (Wildman–Crippen MR) is 113 cm³/mol. The van der Waals surface area contributed by atoms with Gasteiger partial charge < -0.3 is 10.2 Å². The van der Waals surface area contributed by atoms with Gasteiger partial charge in [0.25, 0.3) is 0 Å². The minimum Gasteiger partial charge on any atom is -0.367 e. The molecule has 2 atom stereocenters. The third-order valence-corrected chi connectivity index (χ3v) is 7.46. The molecule has 136 valence electrons. The van der Waals surface area contributed by atoms with Crippen LogP contribution in [0.15, 0.2) is 41.3 Å². The summed E-state index contributed by atoms with van der Waals surface area (Å²) in [6, 6.07) is 14.9. The second-order valence-corrected chi connectivity index (χ2v) is 9.39. The van der Waals surface area contributed by atoms with Crippen LogP contribution in [0.3, 0.4) is 0 Å². The first-order chi connectivity index (χ1) is 12.7. The average Bonchev–Trinajstić information content (AvgIpc) is 2.83. The van der Waals surface area contributed by atoms with E-state index in [-0.39, 0.29) is 0 Å². The Morgan fingerprint density at radius 1 is 1.12 bits per heavy atom. The van der Waals surface area contributed by atoms with Crippen molar-refractivity contribution in [2.75, 3.05) is 30.3 Å². The molecule has 1 saturated heterocycles. The first-order valence-electron chi connectivity index (χ1n) is 10.1. The lowest BCUT2D eigenvalue weighted by molar-refractivity contribution is 0.403. The van der Waals surface area contributed by atoms with Gasteiger partial charge in [-0.15, -0.1) is 11.8 Å². The molecule has 2 unspecified atom stereocenters. The number of anilines is 1. The summed E-state index contributed by atoms with van der Waals surface area (Å²) in [5.74, 6) is 2.49. The molecule has 3 aliphatic rings. The Kier molecular flexibility index (Phi) is 4.25. The summed E-state index contributed by atoms with van der Waals surface area (Å²) in [6.45, 7) is 8.06. The molecular weight excluding hydrogens is 336 g/mol. The Morgan fingerprint density at radius 2 is 1.96 bits per heavy atom. The average molecular weight is 365 g/mol. The number of nitrogens with one attached hydrogen (secondary N) is 1. The van der Waals surface area contributed by atoms with Crippen LogP contribution in [0.4, 0.5) is 5.69 Å². The Balaban J connectivity index is 1.61. The quantitative estimate of drug-likeness (QED) is 0.785. The fraction of sp³-hybridized carbons (Fsp3) is 0.478. The van der Waals surface area contributed by atoms with Crippen LogP contribution in [0.1, 0.15) is 49.7 Å². The highest BCUT2D eigenvalue weighted by molar-refractivity contribution is 7.99. The number of fused-ring (bicyclic) bond motifs is 3. The second kappa shape index (κ2) is 6.61. The Bertz CT molecular complexity index is 812. The third kappa shape index (κ3) is 2.68. The minimum atomic E-state index is 0.590. The predicted octanol–water partition coefficient (Wildman–Crippen LogP) is 5.24. The minimum absolute atomic E-state index is 0.590. The standard InChI is InChI=1S/C23H28N2S/c1-15(2)16-4-6-17(7-5-16)18-12-19-20-14-24-9-8-21(20)25-10-3-11-26-22(13-18)23(19)25/h4-7,12-13,15,20-21,24H,3,8-11,14H2,1-2H3. The number of hydrogen-bond acceptors (Lipinski definition) is 3. The first-order valence-corrected chi connectivity index (χ1v) is 11.1. The van der Waals surface area contributed by atoms with Gasteiger partial charge in [0.2, 0.25) is 0 Å². The molecule has 1 N–H and O–H groups in total. The van der Waals surface area contributed by atoms with Gasteiger partial charge in [-0.05, 0) is 65.4 Å². The monoisotopic (exact) mass is 364 g/mol. The summed E-state index contributed by atoms with van der Waals surface area (Å²) >= 11 is 2.07. The molecule has 0 saturated carbocycles. The molecule has 0 radical (unpaired) electrons. The second-order valence-electron chi connectivity index (χ2n) is 8.25. The molecule has 26 heavy (non-hydrogen) atoms. The zero-order chi connectivity index (χ0) is 17.7. The van der Waals surface area contributed by atoms with Crippen LogP contribution in [0.5, 0.6) is 0 Å². The lowest BCUT2D eigenvalue weighted by atomic mass is 9.88. The van der Waals surface area contributed by atoms with Crippen molar-refractivity contribution in [2.45, 2.75) is 49.5 Å². The highest BCUT2D eigenvalue weighted by atomic mass is 32.2. The topological polar surface area (TPSA) is 15.3 Å². The molecule has 0 bridgehead atoms. The first kappa shape index (κ1) is 16.7. The van der Waals surface area contributed by atoms with Gasteiger partial charge in [-0.25, -0.2) is 0 Å². The van der Waals surface area contributed by atoms with Crippen LogP contribution < -0.4 is 10.2 Å². The van der Waals surface area contributed by atoms with Gasteiger partial charge in [0.05, 0.1) is 5.69 Å². The lowest BCUT2D eigenvalue weighted by Gasteiger charge is -2.33. The number of benzene rings is 2. The Labute approximate surface area is 161 Å². The molecule has 5 rings (SSSR count). The Hall–Kier alpha value is -1.45. The zero-order valence-corrected chi connectivity index (χ0v) is 16.6. The number of nitrogens with zero attached hydrogens (tertiary/aromatic N) is 1. The number of thioether (sulfide) groups is 1. The number of piperidine rings is 1. The smallest absolute Gasteiger partial charge is 0.0544 e. The van der Waals surface area contributed by atoms with Crippen LogP contribution in [-0.4, -0.2) is 31.4 Å². The third-order valence-electron chi connectivity index (χ3n) is 6.35. The van der Waals surface area contributed by atoms with Crippen molar-refractivity contribution in [1.29, 1.82) is 0 Å². The fourth-order valence-electron chi connectivity index (χ4n) is 4.95. The van der Waals surface area contributed by atoms with Gasteiger partial charge in [-0.1, -0.05) is 38.1 Å². The summed E-state index contributed by atoms with van der Waals surface area (Å²) < 4.78 is 0. The fourth-order valence-corrected chi connectivity index (χ4v) is 6.03. The summed E-state index contributed by atoms with van der Waals surface area (Å²) in [4.78, 5) is 4.26. The van der Waals surface area contributed by atoms with Gasteiger partial charge in [-0.3, -0.25) is 0 Å². The van der Waals surface area contributed by atoms with Crippen LogP contribution in [0, 0.1) is 0 Å². The normalized spacial score (nSPS) is 24.3. The molecule has 3 heteroatoms. The van der Waals surface area contributed by atoms with Gasteiger partial charge >= 0.3 is 0 Å². The maximum Gasteiger partial charge on any atom is 0.0544 e. The summed E-state index contributed by atoms with van der Waals surface area (Å²) in [6.07, 6.45) is 2.58. The van der Waals surface area contributed by atoms with Crippen molar-refractivity contribution >= 4 is 17.4 Å². The molecule has 2 aromatic rings. The van der Waals surface area contributed by atoms with Gasteiger partial charge in [-0.2, -0.15) is 0 Å². The van der Waals surface area contributed by atoms with Crippen molar-refractivity contribution in [3.05, 3.63) is 47.5 Å². The van der Waals surface area contributed by atoms with E-state index < -0.39 is 0 Å². The molecular formula is C23H28N2S. The van der Waals surface area contributed by atoms with E-state index >= 15 is 0 Å². The maximum atomic E-state index is 3.64. The lowest BCUT2D eigenvalue weighted by Crippen LogP contribution is -2.44. The van der Waals surface area contributed by atoms with Crippen LogP contribution in [0.25, 0.3) is 11.1 Å². The van der Waals surface area contributed by atoms with Gasteiger partial charge in [0.1, 0.15) is 0 Å². The van der Waals surface area contributed by atoms with Gasteiger partial charge in [0.15, 0.2) is 0 Å². The van der Waals surface area contributed by atoms with Crippen molar-refractivity contribution < 1.29 is 0 Å². The molecule has 3 aliphatic heterocycles.